The Morgan fingerprint density at radius 2 is 2.06 bits per heavy atom. The predicted octanol–water partition coefficient (Wildman–Crippen LogP) is 3.90. The summed E-state index contributed by atoms with van der Waals surface area (Å²) in [5.41, 5.74) is 2.18. The first kappa shape index (κ1) is 13.7. The van der Waals surface area contributed by atoms with Crippen molar-refractivity contribution in [2.24, 2.45) is 0 Å². The van der Waals surface area contributed by atoms with E-state index in [9.17, 15) is 13.6 Å². The number of hydrogen-bond donors (Lipinski definition) is 0. The Hall–Kier alpha value is -0.720. The van der Waals surface area contributed by atoms with Crippen LogP contribution in [-0.4, -0.2) is 19.0 Å². The highest BCUT2D eigenvalue weighted by Gasteiger charge is 2.46. The molecular weight excluding hydrogens is 353 g/mol. The molecule has 0 bridgehead atoms. The summed E-state index contributed by atoms with van der Waals surface area (Å²) in [5, 5.41) is 0. The molecule has 2 rings (SSSR count). The summed E-state index contributed by atoms with van der Waals surface area (Å²) in [6, 6.07) is 3.54. The Morgan fingerprint density at radius 3 is 2.56 bits per heavy atom. The van der Waals surface area contributed by atoms with Crippen molar-refractivity contribution in [1.82, 2.24) is 0 Å². The molecule has 0 spiro atoms. The fraction of sp³-hybridized carbons (Fsp3) is 0.462. The summed E-state index contributed by atoms with van der Waals surface area (Å²) >= 11 is 2.08. The number of benzene rings is 1. The number of hydrogen-bond acceptors (Lipinski definition) is 2. The normalized spacial score (nSPS) is 18.3. The van der Waals surface area contributed by atoms with Gasteiger partial charge in [-0.25, -0.2) is 13.6 Å². The van der Waals surface area contributed by atoms with E-state index in [-0.39, 0.29) is 18.8 Å². The van der Waals surface area contributed by atoms with E-state index in [2.05, 4.69) is 27.3 Å². The molecule has 1 fully saturated rings. The molecule has 1 aliphatic carbocycles. The first-order valence-electron chi connectivity index (χ1n) is 5.60. The van der Waals surface area contributed by atoms with Crippen molar-refractivity contribution in [3.63, 3.8) is 0 Å². The van der Waals surface area contributed by atoms with Gasteiger partial charge in [-0.1, -0.05) is 6.07 Å². The number of carbonyl (C=O) groups excluding carboxylic acids is 1. The minimum Gasteiger partial charge on any atom is -0.465 e. The van der Waals surface area contributed by atoms with Gasteiger partial charge in [0.15, 0.2) is 0 Å². The van der Waals surface area contributed by atoms with Gasteiger partial charge in [-0.05, 0) is 52.6 Å². The third-order valence-electron chi connectivity index (χ3n) is 3.28. The summed E-state index contributed by atoms with van der Waals surface area (Å²) in [4.78, 5) is 11.5. The molecule has 5 heteroatoms. The van der Waals surface area contributed by atoms with E-state index < -0.39 is 11.9 Å². The van der Waals surface area contributed by atoms with Crippen molar-refractivity contribution in [1.29, 1.82) is 0 Å². The van der Waals surface area contributed by atoms with Gasteiger partial charge in [-0.3, -0.25) is 0 Å². The first-order valence-corrected chi connectivity index (χ1v) is 6.68. The zero-order valence-electron chi connectivity index (χ0n) is 10.1. The molecule has 0 heterocycles. The van der Waals surface area contributed by atoms with Crippen LogP contribution in [0.15, 0.2) is 12.1 Å². The van der Waals surface area contributed by atoms with E-state index in [1.807, 2.05) is 6.07 Å². The number of carbonyl (C=O) groups is 1. The van der Waals surface area contributed by atoms with E-state index in [1.165, 1.54) is 7.11 Å². The topological polar surface area (TPSA) is 26.3 Å². The van der Waals surface area contributed by atoms with Crippen LogP contribution in [0.1, 0.15) is 40.2 Å². The largest absolute Gasteiger partial charge is 0.465 e. The molecule has 0 amide bonds. The summed E-state index contributed by atoms with van der Waals surface area (Å²) in [6.07, 6.45) is -0.194. The average Bonchev–Trinajstić information content (AvgIpc) is 2.27. The molecule has 0 atom stereocenters. The smallest absolute Gasteiger partial charge is 0.338 e. The molecule has 1 aromatic carbocycles. The summed E-state index contributed by atoms with van der Waals surface area (Å²) in [6.45, 7) is 1.79. The molecule has 2 nitrogen and oxygen atoms in total. The zero-order valence-corrected chi connectivity index (χ0v) is 12.3. The van der Waals surface area contributed by atoms with Crippen molar-refractivity contribution in [2.75, 3.05) is 7.11 Å². The highest BCUT2D eigenvalue weighted by atomic mass is 127. The lowest BCUT2D eigenvalue weighted by Crippen LogP contribution is -2.34. The van der Waals surface area contributed by atoms with Gasteiger partial charge in [0.1, 0.15) is 0 Å². The number of alkyl halides is 2. The SMILES string of the molecule is COC(=O)c1cc(I)c(C2CC(F)(F)C2)cc1C. The van der Waals surface area contributed by atoms with Gasteiger partial charge in [0.25, 0.3) is 0 Å². The molecule has 1 aliphatic rings. The van der Waals surface area contributed by atoms with E-state index in [1.54, 1.807) is 13.0 Å². The van der Waals surface area contributed by atoms with Crippen molar-refractivity contribution < 1.29 is 18.3 Å². The highest BCUT2D eigenvalue weighted by molar-refractivity contribution is 14.1. The molecule has 0 aromatic heterocycles. The first-order chi connectivity index (χ1) is 8.34. The van der Waals surface area contributed by atoms with Crippen molar-refractivity contribution in [3.05, 3.63) is 32.4 Å². The molecule has 0 unspecified atom stereocenters. The maximum Gasteiger partial charge on any atom is 0.338 e. The molecule has 0 radical (unpaired) electrons. The van der Waals surface area contributed by atoms with Crippen molar-refractivity contribution >= 4 is 28.6 Å². The van der Waals surface area contributed by atoms with Crippen LogP contribution in [0.5, 0.6) is 0 Å². The Kier molecular flexibility index (Phi) is 3.62. The monoisotopic (exact) mass is 366 g/mol. The molecule has 0 N–H and O–H groups in total. The quantitative estimate of drug-likeness (QED) is 0.586. The van der Waals surface area contributed by atoms with Crippen molar-refractivity contribution in [2.45, 2.75) is 31.6 Å². The second-order valence-electron chi connectivity index (χ2n) is 4.64. The minimum atomic E-state index is -2.53. The lowest BCUT2D eigenvalue weighted by Gasteiger charge is -2.36. The van der Waals surface area contributed by atoms with Gasteiger partial charge in [-0.15, -0.1) is 0 Å². The maximum absolute atomic E-state index is 12.9. The minimum absolute atomic E-state index is 0.0972. The van der Waals surface area contributed by atoms with Gasteiger partial charge in [0.2, 0.25) is 5.92 Å². The van der Waals surface area contributed by atoms with Crippen LogP contribution in [-0.2, 0) is 4.74 Å². The van der Waals surface area contributed by atoms with Crippen LogP contribution in [0.25, 0.3) is 0 Å². The Balaban J connectivity index is 2.30. The summed E-state index contributed by atoms with van der Waals surface area (Å²) in [7, 11) is 1.33. The van der Waals surface area contributed by atoms with Crippen LogP contribution >= 0.6 is 22.6 Å². The molecular formula is C13H13F2IO2. The third-order valence-corrected chi connectivity index (χ3v) is 4.21. The average molecular weight is 366 g/mol. The standard InChI is InChI=1S/C13H13F2IO2/c1-7-3-10(8-5-13(14,15)6-8)11(16)4-9(7)12(17)18-2/h3-4,8H,5-6H2,1-2H3. The fourth-order valence-corrected chi connectivity index (χ4v) is 3.14. The maximum atomic E-state index is 12.9. The van der Waals surface area contributed by atoms with Gasteiger partial charge in [0, 0.05) is 16.4 Å². The van der Waals surface area contributed by atoms with E-state index >= 15 is 0 Å². The molecule has 98 valence electrons. The van der Waals surface area contributed by atoms with Crippen LogP contribution in [0.2, 0.25) is 0 Å². The van der Waals surface area contributed by atoms with Gasteiger partial charge in [-0.2, -0.15) is 0 Å². The summed E-state index contributed by atoms with van der Waals surface area (Å²) in [5.74, 6) is -3.02. The Morgan fingerprint density at radius 1 is 1.44 bits per heavy atom. The zero-order chi connectivity index (χ0) is 13.5. The molecule has 0 saturated heterocycles. The number of halogens is 3. The number of ether oxygens (including phenoxy) is 1. The van der Waals surface area contributed by atoms with Crippen molar-refractivity contribution in [3.8, 4) is 0 Å². The highest BCUT2D eigenvalue weighted by Crippen LogP contribution is 2.49. The number of esters is 1. The Bertz CT molecular complexity index is 492. The fourth-order valence-electron chi connectivity index (χ4n) is 2.23. The molecule has 1 aromatic rings. The van der Waals surface area contributed by atoms with Gasteiger partial charge in [0.05, 0.1) is 12.7 Å². The predicted molar refractivity (Wildman–Crippen MR) is 72.2 cm³/mol. The lowest BCUT2D eigenvalue weighted by molar-refractivity contribution is -0.0869. The lowest BCUT2D eigenvalue weighted by atomic mass is 9.76. The van der Waals surface area contributed by atoms with Gasteiger partial charge < -0.3 is 4.74 Å². The third kappa shape index (κ3) is 2.50. The van der Waals surface area contributed by atoms with Crippen LogP contribution in [0.4, 0.5) is 8.78 Å². The molecule has 1 saturated carbocycles. The van der Waals surface area contributed by atoms with Gasteiger partial charge >= 0.3 is 5.97 Å². The van der Waals surface area contributed by atoms with Crippen LogP contribution in [0.3, 0.4) is 0 Å². The van der Waals surface area contributed by atoms with Crippen LogP contribution < -0.4 is 0 Å². The molecule has 0 aliphatic heterocycles. The number of methoxy groups -OCH3 is 1. The van der Waals surface area contributed by atoms with E-state index in [4.69, 9.17) is 0 Å². The number of aryl methyl sites for hydroxylation is 1. The second-order valence-corrected chi connectivity index (χ2v) is 5.80. The molecule has 18 heavy (non-hydrogen) atoms. The van der Waals surface area contributed by atoms with Crippen LogP contribution in [0, 0.1) is 10.5 Å². The number of rotatable bonds is 2. The second kappa shape index (κ2) is 4.75. The van der Waals surface area contributed by atoms with E-state index in [0.29, 0.717) is 5.56 Å². The Labute approximate surface area is 118 Å². The van der Waals surface area contributed by atoms with E-state index in [0.717, 1.165) is 14.7 Å². The summed E-state index contributed by atoms with van der Waals surface area (Å²) < 4.78 is 31.3.